The van der Waals surface area contributed by atoms with Crippen LogP contribution < -0.4 is 5.32 Å². The van der Waals surface area contributed by atoms with E-state index in [9.17, 15) is 4.79 Å². The molecule has 0 bridgehead atoms. The minimum atomic E-state index is -0.0794. The average Bonchev–Trinajstić information content (AvgIpc) is 2.55. The van der Waals surface area contributed by atoms with Crippen molar-refractivity contribution >= 4 is 5.91 Å². The van der Waals surface area contributed by atoms with Gasteiger partial charge in [0.15, 0.2) is 0 Å². The van der Waals surface area contributed by atoms with Gasteiger partial charge in [0, 0.05) is 13.1 Å². The van der Waals surface area contributed by atoms with E-state index >= 15 is 0 Å². The molecule has 1 amide bonds. The number of benzene rings is 2. The maximum absolute atomic E-state index is 12.4. The molecule has 1 N–H and O–H groups in total. The molecule has 1 atom stereocenters. The first-order valence-electron chi connectivity index (χ1n) is 8.15. The van der Waals surface area contributed by atoms with Gasteiger partial charge in [0.25, 0.3) is 0 Å². The molecular formula is C20H26N2O. The van der Waals surface area contributed by atoms with Gasteiger partial charge >= 0.3 is 0 Å². The monoisotopic (exact) mass is 310 g/mol. The number of nitrogens with zero attached hydrogens (tertiary/aromatic N) is 1. The third-order valence-corrected chi connectivity index (χ3v) is 3.92. The Morgan fingerprint density at radius 1 is 1.00 bits per heavy atom. The summed E-state index contributed by atoms with van der Waals surface area (Å²) in [5.41, 5.74) is 3.48. The Morgan fingerprint density at radius 2 is 1.61 bits per heavy atom. The van der Waals surface area contributed by atoms with Gasteiger partial charge < -0.3 is 10.2 Å². The van der Waals surface area contributed by atoms with Crippen molar-refractivity contribution < 1.29 is 4.79 Å². The second-order valence-electron chi connectivity index (χ2n) is 6.14. The molecular weight excluding hydrogens is 284 g/mol. The standard InChI is InChI=1S/C20H26N2O/c1-4-19(18-8-6-5-7-9-18)20(23)21-14-16-10-12-17(13-11-16)15-22(2)3/h5-13,19H,4,14-15H2,1-3H3,(H,21,23). The zero-order chi connectivity index (χ0) is 16.7. The highest BCUT2D eigenvalue weighted by Crippen LogP contribution is 2.19. The molecule has 0 saturated heterocycles. The first-order valence-corrected chi connectivity index (χ1v) is 8.15. The van der Waals surface area contributed by atoms with E-state index in [1.54, 1.807) is 0 Å². The van der Waals surface area contributed by atoms with Crippen molar-refractivity contribution in [3.8, 4) is 0 Å². The molecule has 1 unspecified atom stereocenters. The highest BCUT2D eigenvalue weighted by atomic mass is 16.1. The largest absolute Gasteiger partial charge is 0.351 e. The van der Waals surface area contributed by atoms with Crippen LogP contribution in [0.2, 0.25) is 0 Å². The molecule has 0 aliphatic rings. The molecule has 0 heterocycles. The topological polar surface area (TPSA) is 32.3 Å². The lowest BCUT2D eigenvalue weighted by atomic mass is 9.95. The SMILES string of the molecule is CCC(C(=O)NCc1ccc(CN(C)C)cc1)c1ccccc1. The molecule has 2 aromatic carbocycles. The van der Waals surface area contributed by atoms with Crippen LogP contribution >= 0.6 is 0 Å². The van der Waals surface area contributed by atoms with Crippen LogP contribution in [0.25, 0.3) is 0 Å². The van der Waals surface area contributed by atoms with E-state index in [0.29, 0.717) is 6.54 Å². The Balaban J connectivity index is 1.93. The molecule has 23 heavy (non-hydrogen) atoms. The van der Waals surface area contributed by atoms with E-state index in [1.165, 1.54) is 5.56 Å². The van der Waals surface area contributed by atoms with Crippen LogP contribution in [0.4, 0.5) is 0 Å². The molecule has 2 rings (SSSR count). The van der Waals surface area contributed by atoms with Gasteiger partial charge in [0.1, 0.15) is 0 Å². The van der Waals surface area contributed by atoms with Crippen LogP contribution in [-0.4, -0.2) is 24.9 Å². The lowest BCUT2D eigenvalue weighted by Gasteiger charge is -2.16. The molecule has 122 valence electrons. The summed E-state index contributed by atoms with van der Waals surface area (Å²) in [6.45, 7) is 3.55. The summed E-state index contributed by atoms with van der Waals surface area (Å²) in [4.78, 5) is 14.6. The Morgan fingerprint density at radius 3 is 2.17 bits per heavy atom. The van der Waals surface area contributed by atoms with Crippen LogP contribution in [0.3, 0.4) is 0 Å². The van der Waals surface area contributed by atoms with Crippen molar-refractivity contribution in [3.05, 3.63) is 71.3 Å². The number of hydrogen-bond donors (Lipinski definition) is 1. The number of nitrogens with one attached hydrogen (secondary N) is 1. The summed E-state index contributed by atoms with van der Waals surface area (Å²) < 4.78 is 0. The molecule has 0 spiro atoms. The summed E-state index contributed by atoms with van der Waals surface area (Å²) in [5.74, 6) is 0.0142. The van der Waals surface area contributed by atoms with Crippen LogP contribution in [-0.2, 0) is 17.9 Å². The Labute approximate surface area is 139 Å². The third-order valence-electron chi connectivity index (χ3n) is 3.92. The molecule has 0 aliphatic carbocycles. The third kappa shape index (κ3) is 5.22. The van der Waals surface area contributed by atoms with E-state index in [4.69, 9.17) is 0 Å². The van der Waals surface area contributed by atoms with Crippen molar-refractivity contribution in [1.29, 1.82) is 0 Å². The zero-order valence-corrected chi connectivity index (χ0v) is 14.3. The van der Waals surface area contributed by atoms with Gasteiger partial charge in [-0.25, -0.2) is 0 Å². The second-order valence-corrected chi connectivity index (χ2v) is 6.14. The van der Waals surface area contributed by atoms with Gasteiger partial charge in [-0.2, -0.15) is 0 Å². The number of carbonyl (C=O) groups excluding carboxylic acids is 1. The van der Waals surface area contributed by atoms with Crippen molar-refractivity contribution in [3.63, 3.8) is 0 Å². The van der Waals surface area contributed by atoms with Crippen LogP contribution in [0, 0.1) is 0 Å². The second kappa shape index (κ2) is 8.49. The smallest absolute Gasteiger partial charge is 0.227 e. The summed E-state index contributed by atoms with van der Waals surface area (Å²) in [7, 11) is 4.12. The first-order chi connectivity index (χ1) is 11.1. The first kappa shape index (κ1) is 17.2. The quantitative estimate of drug-likeness (QED) is 0.848. The minimum absolute atomic E-state index is 0.0794. The Hall–Kier alpha value is -2.13. The maximum atomic E-state index is 12.4. The van der Waals surface area contributed by atoms with Gasteiger partial charge in [-0.15, -0.1) is 0 Å². The number of rotatable bonds is 7. The molecule has 2 aromatic rings. The zero-order valence-electron chi connectivity index (χ0n) is 14.3. The number of carbonyl (C=O) groups is 1. The molecule has 0 fully saturated rings. The molecule has 0 saturated carbocycles. The normalized spacial score (nSPS) is 12.2. The van der Waals surface area contributed by atoms with Crippen LogP contribution in [0.5, 0.6) is 0 Å². The molecule has 0 aromatic heterocycles. The Kier molecular flexibility index (Phi) is 6.36. The lowest BCUT2D eigenvalue weighted by molar-refractivity contribution is -0.122. The van der Waals surface area contributed by atoms with E-state index in [-0.39, 0.29) is 11.8 Å². The fourth-order valence-corrected chi connectivity index (χ4v) is 2.70. The van der Waals surface area contributed by atoms with Gasteiger partial charge in [0.2, 0.25) is 5.91 Å². The van der Waals surface area contributed by atoms with Crippen molar-refractivity contribution in [2.24, 2.45) is 0 Å². The number of hydrogen-bond acceptors (Lipinski definition) is 2. The van der Waals surface area contributed by atoms with Crippen molar-refractivity contribution in [1.82, 2.24) is 10.2 Å². The minimum Gasteiger partial charge on any atom is -0.351 e. The highest BCUT2D eigenvalue weighted by Gasteiger charge is 2.17. The van der Waals surface area contributed by atoms with Crippen molar-refractivity contribution in [2.75, 3.05) is 14.1 Å². The maximum Gasteiger partial charge on any atom is 0.227 e. The van der Waals surface area contributed by atoms with Gasteiger partial charge in [0.05, 0.1) is 5.92 Å². The van der Waals surface area contributed by atoms with Crippen molar-refractivity contribution in [2.45, 2.75) is 32.4 Å². The Bertz CT molecular complexity index is 605. The predicted octanol–water partition coefficient (Wildman–Crippen LogP) is 3.56. The highest BCUT2D eigenvalue weighted by molar-refractivity contribution is 5.83. The van der Waals surface area contributed by atoms with Gasteiger partial charge in [-0.1, -0.05) is 61.5 Å². The summed E-state index contributed by atoms with van der Waals surface area (Å²) in [6.07, 6.45) is 0.803. The molecule has 3 heteroatoms. The fraction of sp³-hybridized carbons (Fsp3) is 0.350. The predicted molar refractivity (Wildman–Crippen MR) is 95.2 cm³/mol. The van der Waals surface area contributed by atoms with E-state index < -0.39 is 0 Å². The van der Waals surface area contributed by atoms with E-state index in [2.05, 4.69) is 48.6 Å². The average molecular weight is 310 g/mol. The van der Waals surface area contributed by atoms with Gasteiger partial charge in [-0.3, -0.25) is 4.79 Å². The lowest BCUT2D eigenvalue weighted by Crippen LogP contribution is -2.28. The van der Waals surface area contributed by atoms with E-state index in [1.807, 2.05) is 37.3 Å². The van der Waals surface area contributed by atoms with Crippen LogP contribution in [0.1, 0.15) is 36.0 Å². The molecule has 0 radical (unpaired) electrons. The van der Waals surface area contributed by atoms with Crippen LogP contribution in [0.15, 0.2) is 54.6 Å². The molecule has 0 aliphatic heterocycles. The summed E-state index contributed by atoms with van der Waals surface area (Å²) >= 11 is 0. The fourth-order valence-electron chi connectivity index (χ4n) is 2.70. The molecule has 3 nitrogen and oxygen atoms in total. The summed E-state index contributed by atoms with van der Waals surface area (Å²) in [5, 5.41) is 3.06. The summed E-state index contributed by atoms with van der Waals surface area (Å²) in [6, 6.07) is 18.4. The number of amides is 1. The van der Waals surface area contributed by atoms with E-state index in [0.717, 1.165) is 24.1 Å². The van der Waals surface area contributed by atoms with Gasteiger partial charge in [-0.05, 0) is 37.2 Å².